The van der Waals surface area contributed by atoms with Gasteiger partial charge in [-0.1, -0.05) is 0 Å². The average molecular weight is 221 g/mol. The lowest BCUT2D eigenvalue weighted by Gasteiger charge is -1.99. The van der Waals surface area contributed by atoms with E-state index in [1.54, 1.807) is 6.92 Å². The van der Waals surface area contributed by atoms with Crippen LogP contribution in [0.5, 0.6) is 0 Å². The summed E-state index contributed by atoms with van der Waals surface area (Å²) in [6, 6.07) is 1.37. The van der Waals surface area contributed by atoms with Gasteiger partial charge in [0, 0.05) is 24.0 Å². The Morgan fingerprint density at radius 2 is 2.31 bits per heavy atom. The largest absolute Gasteiger partial charge is 0.478 e. The van der Waals surface area contributed by atoms with Crippen molar-refractivity contribution in [1.82, 2.24) is 4.98 Å². The lowest BCUT2D eigenvalue weighted by atomic mass is 10.1. The number of carbonyl (C=O) groups is 2. The molecule has 0 fully saturated rings. The van der Waals surface area contributed by atoms with E-state index in [1.807, 2.05) is 0 Å². The van der Waals surface area contributed by atoms with Crippen LogP contribution in [-0.2, 0) is 9.53 Å². The molecule has 0 bridgehead atoms. The van der Waals surface area contributed by atoms with Gasteiger partial charge in [0.1, 0.15) is 0 Å². The van der Waals surface area contributed by atoms with Crippen molar-refractivity contribution in [3.63, 3.8) is 0 Å². The molecule has 0 saturated heterocycles. The van der Waals surface area contributed by atoms with Gasteiger partial charge >= 0.3 is 11.9 Å². The third-order valence-electron chi connectivity index (χ3n) is 1.77. The number of aromatic nitrogens is 1. The van der Waals surface area contributed by atoms with Crippen LogP contribution in [0.3, 0.4) is 0 Å². The van der Waals surface area contributed by atoms with Crippen LogP contribution in [0, 0.1) is 0 Å². The molecular formula is C11H11NO4. The van der Waals surface area contributed by atoms with Crippen molar-refractivity contribution in [2.24, 2.45) is 0 Å². The molecule has 0 aliphatic rings. The van der Waals surface area contributed by atoms with Crippen molar-refractivity contribution >= 4 is 18.0 Å². The molecule has 1 N–H and O–H groups in total. The van der Waals surface area contributed by atoms with Crippen LogP contribution in [0.25, 0.3) is 6.08 Å². The van der Waals surface area contributed by atoms with Crippen LogP contribution in [0.15, 0.2) is 24.5 Å². The fourth-order valence-corrected chi connectivity index (χ4v) is 1.08. The van der Waals surface area contributed by atoms with Gasteiger partial charge in [0.2, 0.25) is 0 Å². The SMILES string of the molecule is CCOC(=O)C=Cc1cnccc1C(=O)O. The summed E-state index contributed by atoms with van der Waals surface area (Å²) in [7, 11) is 0. The van der Waals surface area contributed by atoms with Crippen molar-refractivity contribution in [2.75, 3.05) is 6.61 Å². The Hall–Kier alpha value is -2.17. The summed E-state index contributed by atoms with van der Waals surface area (Å²) in [5.74, 6) is -1.58. The number of pyridine rings is 1. The number of aromatic carboxylic acids is 1. The molecule has 0 radical (unpaired) electrons. The first-order valence-electron chi connectivity index (χ1n) is 4.67. The lowest BCUT2D eigenvalue weighted by Crippen LogP contribution is -2.01. The molecule has 0 unspecified atom stereocenters. The first-order valence-corrected chi connectivity index (χ1v) is 4.67. The second-order valence-corrected chi connectivity index (χ2v) is 2.85. The number of carbonyl (C=O) groups excluding carboxylic acids is 1. The molecule has 0 amide bonds. The summed E-state index contributed by atoms with van der Waals surface area (Å²) in [5, 5.41) is 8.86. The van der Waals surface area contributed by atoms with Crippen LogP contribution in [-0.4, -0.2) is 28.6 Å². The summed E-state index contributed by atoms with van der Waals surface area (Å²) in [4.78, 5) is 25.6. The zero-order valence-electron chi connectivity index (χ0n) is 8.71. The highest BCUT2D eigenvalue weighted by molar-refractivity contribution is 5.94. The maximum atomic E-state index is 11.0. The highest BCUT2D eigenvalue weighted by Gasteiger charge is 2.07. The minimum absolute atomic E-state index is 0.0931. The lowest BCUT2D eigenvalue weighted by molar-refractivity contribution is -0.137. The highest BCUT2D eigenvalue weighted by atomic mass is 16.5. The van der Waals surface area contributed by atoms with E-state index in [4.69, 9.17) is 5.11 Å². The second-order valence-electron chi connectivity index (χ2n) is 2.85. The average Bonchev–Trinajstić information content (AvgIpc) is 2.27. The number of rotatable bonds is 4. The molecule has 1 aromatic rings. The summed E-state index contributed by atoms with van der Waals surface area (Å²) in [6.45, 7) is 1.97. The molecule has 5 nitrogen and oxygen atoms in total. The topological polar surface area (TPSA) is 76.5 Å². The summed E-state index contributed by atoms with van der Waals surface area (Å²) in [6.07, 6.45) is 5.30. The smallest absolute Gasteiger partial charge is 0.336 e. The standard InChI is InChI=1S/C11H11NO4/c1-2-16-10(13)4-3-8-7-12-6-5-9(8)11(14)15/h3-7H,2H2,1H3,(H,14,15). The first-order chi connectivity index (χ1) is 7.65. The fourth-order valence-electron chi connectivity index (χ4n) is 1.08. The van der Waals surface area contributed by atoms with E-state index in [9.17, 15) is 9.59 Å². The summed E-state index contributed by atoms with van der Waals surface area (Å²) >= 11 is 0. The quantitative estimate of drug-likeness (QED) is 0.613. The van der Waals surface area contributed by atoms with E-state index >= 15 is 0 Å². The number of carboxylic acid groups (broad SMARTS) is 1. The zero-order valence-corrected chi connectivity index (χ0v) is 8.71. The Morgan fingerprint density at radius 1 is 1.56 bits per heavy atom. The number of nitrogens with zero attached hydrogens (tertiary/aromatic N) is 1. The van der Waals surface area contributed by atoms with Gasteiger partial charge in [-0.2, -0.15) is 0 Å². The molecule has 0 saturated carbocycles. The number of hydrogen-bond donors (Lipinski definition) is 1. The fraction of sp³-hybridized carbons (Fsp3) is 0.182. The summed E-state index contributed by atoms with van der Waals surface area (Å²) < 4.78 is 4.67. The predicted octanol–water partition coefficient (Wildman–Crippen LogP) is 1.36. The van der Waals surface area contributed by atoms with Gasteiger partial charge < -0.3 is 9.84 Å². The summed E-state index contributed by atoms with van der Waals surface area (Å²) in [5.41, 5.74) is 0.457. The van der Waals surface area contributed by atoms with E-state index in [2.05, 4.69) is 9.72 Å². The first kappa shape index (κ1) is 11.9. The van der Waals surface area contributed by atoms with Crippen molar-refractivity contribution < 1.29 is 19.4 Å². The van der Waals surface area contributed by atoms with E-state index in [0.29, 0.717) is 5.56 Å². The molecule has 0 atom stereocenters. The van der Waals surface area contributed by atoms with Gasteiger partial charge in [0.05, 0.1) is 12.2 Å². The number of carboxylic acids is 1. The van der Waals surface area contributed by atoms with Crippen LogP contribution in [0.2, 0.25) is 0 Å². The maximum absolute atomic E-state index is 11.0. The van der Waals surface area contributed by atoms with E-state index < -0.39 is 11.9 Å². The predicted molar refractivity (Wildman–Crippen MR) is 56.9 cm³/mol. The minimum atomic E-state index is -1.06. The van der Waals surface area contributed by atoms with E-state index in [-0.39, 0.29) is 12.2 Å². The van der Waals surface area contributed by atoms with Crippen LogP contribution < -0.4 is 0 Å². The molecule has 0 aromatic carbocycles. The number of ether oxygens (including phenoxy) is 1. The van der Waals surface area contributed by atoms with Gasteiger partial charge in [-0.05, 0) is 19.1 Å². The number of esters is 1. The van der Waals surface area contributed by atoms with E-state index in [0.717, 1.165) is 0 Å². The Labute approximate surface area is 92.4 Å². The van der Waals surface area contributed by atoms with Crippen LogP contribution in [0.4, 0.5) is 0 Å². The molecule has 84 valence electrons. The Bertz CT molecular complexity index is 426. The molecule has 1 rings (SSSR count). The highest BCUT2D eigenvalue weighted by Crippen LogP contribution is 2.08. The normalized spacial score (nSPS) is 10.3. The van der Waals surface area contributed by atoms with Crippen LogP contribution in [0.1, 0.15) is 22.8 Å². The third-order valence-corrected chi connectivity index (χ3v) is 1.77. The Morgan fingerprint density at radius 3 is 2.94 bits per heavy atom. The monoisotopic (exact) mass is 221 g/mol. The van der Waals surface area contributed by atoms with Crippen molar-refractivity contribution in [2.45, 2.75) is 6.92 Å². The Balaban J connectivity index is 2.88. The van der Waals surface area contributed by atoms with Gasteiger partial charge in [-0.15, -0.1) is 0 Å². The van der Waals surface area contributed by atoms with Gasteiger partial charge in [0.25, 0.3) is 0 Å². The van der Waals surface area contributed by atoms with Gasteiger partial charge in [0.15, 0.2) is 0 Å². The molecule has 1 aromatic heterocycles. The van der Waals surface area contributed by atoms with Crippen LogP contribution >= 0.6 is 0 Å². The second kappa shape index (κ2) is 5.65. The van der Waals surface area contributed by atoms with Crippen molar-refractivity contribution in [3.8, 4) is 0 Å². The molecule has 16 heavy (non-hydrogen) atoms. The van der Waals surface area contributed by atoms with E-state index in [1.165, 1.54) is 30.6 Å². The maximum Gasteiger partial charge on any atom is 0.336 e. The molecule has 0 aliphatic heterocycles. The molecule has 0 aliphatic carbocycles. The molecule has 0 spiro atoms. The Kier molecular flexibility index (Phi) is 4.20. The molecule has 5 heteroatoms. The molecular weight excluding hydrogens is 210 g/mol. The zero-order chi connectivity index (χ0) is 12.0. The van der Waals surface area contributed by atoms with Crippen molar-refractivity contribution in [1.29, 1.82) is 0 Å². The van der Waals surface area contributed by atoms with Gasteiger partial charge in [-0.25, -0.2) is 9.59 Å². The third kappa shape index (κ3) is 3.20. The van der Waals surface area contributed by atoms with Crippen molar-refractivity contribution in [3.05, 3.63) is 35.7 Å². The molecule has 1 heterocycles. The van der Waals surface area contributed by atoms with Gasteiger partial charge in [-0.3, -0.25) is 4.98 Å². The minimum Gasteiger partial charge on any atom is -0.478 e. The number of hydrogen-bond acceptors (Lipinski definition) is 4.